The van der Waals surface area contributed by atoms with E-state index in [1.165, 1.54) is 6.33 Å². The lowest BCUT2D eigenvalue weighted by atomic mass is 10.0. The standard InChI is InChI=1S/C14H23BN6O2S/c1-8(2)12(14(24)19-6-15)21-11(22)5-18-13(23)10(16)3-9-4-17-7-20-9/h4,7-8,10,12H,3,5-6,16H2,1-2H3,(H,17,20)(H,18,23)(H,19,24)(H,21,22)/t10-,12-/m0/s1. The van der Waals surface area contributed by atoms with E-state index in [0.29, 0.717) is 11.4 Å². The molecule has 2 amide bonds. The fraction of sp³-hybridized carbons (Fsp3) is 0.571. The zero-order valence-electron chi connectivity index (χ0n) is 13.8. The minimum absolute atomic E-state index is 0.0823. The largest absolute Gasteiger partial charge is 0.387 e. The van der Waals surface area contributed by atoms with E-state index in [4.69, 9.17) is 25.8 Å². The molecule has 0 aliphatic rings. The molecule has 0 unspecified atom stereocenters. The van der Waals surface area contributed by atoms with Gasteiger partial charge in [0.05, 0.1) is 37.8 Å². The van der Waals surface area contributed by atoms with Crippen molar-refractivity contribution in [3.8, 4) is 0 Å². The molecule has 1 aromatic rings. The third-order valence-corrected chi connectivity index (χ3v) is 3.69. The molecule has 0 bridgehead atoms. The molecule has 0 fully saturated rings. The molecule has 2 radical (unpaired) electrons. The van der Waals surface area contributed by atoms with Crippen LogP contribution in [0.2, 0.25) is 0 Å². The number of imidazole rings is 1. The average molecular weight is 350 g/mol. The van der Waals surface area contributed by atoms with Gasteiger partial charge in [0, 0.05) is 18.3 Å². The third-order valence-electron chi connectivity index (χ3n) is 3.30. The SMILES string of the molecule is [B]CNC(=S)[C@@H](NC(=O)CNC(=O)[C@@H](N)Cc1cnc[nH]1)C(C)C. The van der Waals surface area contributed by atoms with Crippen molar-refractivity contribution < 1.29 is 9.59 Å². The second kappa shape index (κ2) is 10.0. The molecule has 2 atom stereocenters. The number of aromatic amines is 1. The summed E-state index contributed by atoms with van der Waals surface area (Å²) in [6, 6.07) is -1.12. The zero-order chi connectivity index (χ0) is 18.1. The van der Waals surface area contributed by atoms with Gasteiger partial charge in [-0.3, -0.25) is 9.59 Å². The molecule has 0 aliphatic carbocycles. The normalized spacial score (nSPS) is 13.2. The Morgan fingerprint density at radius 1 is 1.42 bits per heavy atom. The first-order chi connectivity index (χ1) is 11.3. The summed E-state index contributed by atoms with van der Waals surface area (Å²) in [6.07, 6.45) is 3.61. The smallest absolute Gasteiger partial charge is 0.239 e. The number of amides is 2. The summed E-state index contributed by atoms with van der Waals surface area (Å²) in [5.41, 5.74) is 6.55. The highest BCUT2D eigenvalue weighted by Crippen LogP contribution is 2.03. The summed E-state index contributed by atoms with van der Waals surface area (Å²) in [7, 11) is 5.40. The first-order valence-corrected chi connectivity index (χ1v) is 8.03. The Morgan fingerprint density at radius 2 is 2.12 bits per heavy atom. The maximum Gasteiger partial charge on any atom is 0.239 e. The van der Waals surface area contributed by atoms with E-state index in [-0.39, 0.29) is 30.9 Å². The Kier molecular flexibility index (Phi) is 8.41. The fourth-order valence-corrected chi connectivity index (χ4v) is 2.41. The molecule has 1 rings (SSSR count). The van der Waals surface area contributed by atoms with Crippen molar-refractivity contribution in [3.05, 3.63) is 18.2 Å². The zero-order valence-corrected chi connectivity index (χ0v) is 14.7. The molecule has 1 heterocycles. The number of nitrogens with zero attached hydrogens (tertiary/aromatic N) is 1. The van der Waals surface area contributed by atoms with Crippen LogP contribution < -0.4 is 21.7 Å². The number of hydrogen-bond donors (Lipinski definition) is 5. The number of rotatable bonds is 9. The first-order valence-electron chi connectivity index (χ1n) is 7.62. The molecule has 0 aliphatic heterocycles. The van der Waals surface area contributed by atoms with Crippen LogP contribution in [0.15, 0.2) is 12.5 Å². The van der Waals surface area contributed by atoms with Gasteiger partial charge in [-0.25, -0.2) is 4.98 Å². The number of H-pyrrole nitrogens is 1. The van der Waals surface area contributed by atoms with Gasteiger partial charge in [-0.2, -0.15) is 0 Å². The van der Waals surface area contributed by atoms with Crippen LogP contribution in [0.1, 0.15) is 19.5 Å². The van der Waals surface area contributed by atoms with Gasteiger partial charge in [0.2, 0.25) is 11.8 Å². The summed E-state index contributed by atoms with van der Waals surface area (Å²) in [6.45, 7) is 3.67. The van der Waals surface area contributed by atoms with Crippen molar-refractivity contribution in [1.82, 2.24) is 25.9 Å². The van der Waals surface area contributed by atoms with E-state index < -0.39 is 11.9 Å². The van der Waals surface area contributed by atoms with Crippen LogP contribution in [0.3, 0.4) is 0 Å². The van der Waals surface area contributed by atoms with E-state index in [2.05, 4.69) is 25.9 Å². The summed E-state index contributed by atoms with van der Waals surface area (Å²) in [5.74, 6) is -0.681. The predicted molar refractivity (Wildman–Crippen MR) is 96.4 cm³/mol. The van der Waals surface area contributed by atoms with E-state index in [0.717, 1.165) is 5.69 Å². The Bertz CT molecular complexity index is 551. The predicted octanol–water partition coefficient (Wildman–Crippen LogP) is -1.42. The number of hydrogen-bond acceptors (Lipinski definition) is 5. The molecule has 1 aromatic heterocycles. The molecule has 8 nitrogen and oxygen atoms in total. The van der Waals surface area contributed by atoms with Gasteiger partial charge in [-0.05, 0) is 12.4 Å². The van der Waals surface area contributed by atoms with Crippen LogP contribution in [0.4, 0.5) is 0 Å². The molecule has 24 heavy (non-hydrogen) atoms. The van der Waals surface area contributed by atoms with Crippen molar-refractivity contribution in [2.75, 3.05) is 13.0 Å². The highest BCUT2D eigenvalue weighted by atomic mass is 32.1. The number of aromatic nitrogens is 2. The van der Waals surface area contributed by atoms with E-state index in [9.17, 15) is 9.59 Å². The van der Waals surface area contributed by atoms with E-state index >= 15 is 0 Å². The Morgan fingerprint density at radius 3 is 2.67 bits per heavy atom. The maximum absolute atomic E-state index is 12.0. The topological polar surface area (TPSA) is 125 Å². The second-order valence-corrected chi connectivity index (χ2v) is 6.08. The molecule has 10 heteroatoms. The molecule has 0 aromatic carbocycles. The van der Waals surface area contributed by atoms with Crippen molar-refractivity contribution in [3.63, 3.8) is 0 Å². The number of carbonyl (C=O) groups is 2. The Balaban J connectivity index is 2.43. The van der Waals surface area contributed by atoms with Crippen LogP contribution >= 0.6 is 12.2 Å². The van der Waals surface area contributed by atoms with Crippen LogP contribution in [-0.4, -0.2) is 59.7 Å². The summed E-state index contributed by atoms with van der Waals surface area (Å²) in [5, 5.41) is 8.10. The van der Waals surface area contributed by atoms with Crippen molar-refractivity contribution in [2.45, 2.75) is 32.4 Å². The third kappa shape index (κ3) is 6.67. The number of carbonyl (C=O) groups excluding carboxylic acids is 2. The quantitative estimate of drug-likeness (QED) is 0.275. The number of nitrogens with two attached hydrogens (primary N) is 1. The minimum Gasteiger partial charge on any atom is -0.387 e. The fourth-order valence-electron chi connectivity index (χ4n) is 1.99. The molecule has 6 N–H and O–H groups in total. The van der Waals surface area contributed by atoms with Crippen LogP contribution in [0.5, 0.6) is 0 Å². The highest BCUT2D eigenvalue weighted by Gasteiger charge is 2.21. The lowest BCUT2D eigenvalue weighted by Gasteiger charge is -2.24. The molecule has 0 saturated carbocycles. The highest BCUT2D eigenvalue weighted by molar-refractivity contribution is 7.80. The lowest BCUT2D eigenvalue weighted by molar-refractivity contribution is -0.127. The van der Waals surface area contributed by atoms with Crippen molar-refractivity contribution in [2.24, 2.45) is 11.7 Å². The van der Waals surface area contributed by atoms with Gasteiger partial charge in [0.1, 0.15) is 0 Å². The number of nitrogens with one attached hydrogen (secondary N) is 4. The lowest BCUT2D eigenvalue weighted by Crippen LogP contribution is -2.52. The number of thiocarbonyl (C=S) groups is 1. The van der Waals surface area contributed by atoms with E-state index in [1.807, 2.05) is 13.8 Å². The van der Waals surface area contributed by atoms with Crippen LogP contribution in [0.25, 0.3) is 0 Å². The second-order valence-electron chi connectivity index (χ2n) is 5.64. The molecular weight excluding hydrogens is 327 g/mol. The van der Waals surface area contributed by atoms with Crippen molar-refractivity contribution in [1.29, 1.82) is 0 Å². The summed E-state index contributed by atoms with van der Waals surface area (Å²) >= 11 is 5.19. The van der Waals surface area contributed by atoms with Gasteiger partial charge in [-0.1, -0.05) is 26.1 Å². The van der Waals surface area contributed by atoms with Gasteiger partial charge in [0.25, 0.3) is 0 Å². The van der Waals surface area contributed by atoms with Crippen LogP contribution in [-0.2, 0) is 16.0 Å². The van der Waals surface area contributed by atoms with Crippen LogP contribution in [0, 0.1) is 5.92 Å². The summed E-state index contributed by atoms with van der Waals surface area (Å²) in [4.78, 5) is 31.1. The van der Waals surface area contributed by atoms with Gasteiger partial charge in [-0.15, -0.1) is 0 Å². The Hall–Kier alpha value is -1.94. The van der Waals surface area contributed by atoms with Crippen molar-refractivity contribution >= 4 is 36.9 Å². The first kappa shape index (κ1) is 20.1. The average Bonchev–Trinajstić information content (AvgIpc) is 3.02. The Labute approximate surface area is 148 Å². The maximum atomic E-state index is 12.0. The minimum atomic E-state index is -0.765. The molecular formula is C14H23BN6O2S. The summed E-state index contributed by atoms with van der Waals surface area (Å²) < 4.78 is 0. The molecule has 0 spiro atoms. The molecule has 130 valence electrons. The monoisotopic (exact) mass is 350 g/mol. The molecule has 0 saturated heterocycles. The van der Waals surface area contributed by atoms with E-state index in [1.54, 1.807) is 6.20 Å². The van der Waals surface area contributed by atoms with Gasteiger partial charge < -0.3 is 26.7 Å². The van der Waals surface area contributed by atoms with Gasteiger partial charge in [0.15, 0.2) is 0 Å². The van der Waals surface area contributed by atoms with Gasteiger partial charge >= 0.3 is 0 Å².